The molecule has 0 aromatic carbocycles. The fourth-order valence-corrected chi connectivity index (χ4v) is 14.9. The molecule has 0 aromatic rings. The van der Waals surface area contributed by atoms with Gasteiger partial charge in [-0.1, -0.05) is 60.6 Å². The van der Waals surface area contributed by atoms with Gasteiger partial charge in [0.15, 0.2) is 0 Å². The SMILES string of the molecule is C=C(C)[C@@H]1CC[C@]2(CCNCCCN3CCCC3)CC[C@]3(C)[C@H](CC[C@@H]4[C@@]5(C)CC[C@H](OC(=O)CC(C)(C)CC(=O)O)C(C)(C)[C@@H]5CC[C@]43C)[C@@H]12. The fourth-order valence-electron chi connectivity index (χ4n) is 14.9. The first-order valence-electron chi connectivity index (χ1n) is 21.4. The number of carboxylic acid groups (broad SMARTS) is 1. The van der Waals surface area contributed by atoms with Crippen molar-refractivity contribution in [2.45, 2.75) is 164 Å². The molecule has 0 radical (unpaired) electrons. The molecule has 6 heteroatoms. The molecule has 0 spiro atoms. The van der Waals surface area contributed by atoms with Crippen LogP contribution < -0.4 is 5.32 Å². The zero-order valence-corrected chi connectivity index (χ0v) is 34.1. The minimum Gasteiger partial charge on any atom is -0.481 e. The zero-order valence-electron chi connectivity index (χ0n) is 34.1. The summed E-state index contributed by atoms with van der Waals surface area (Å²) in [6, 6.07) is 0. The molecule has 0 amide bonds. The van der Waals surface area contributed by atoms with Gasteiger partial charge in [-0.3, -0.25) is 9.59 Å². The number of carboxylic acids is 1. The summed E-state index contributed by atoms with van der Waals surface area (Å²) in [5, 5.41) is 13.3. The molecule has 6 rings (SSSR count). The van der Waals surface area contributed by atoms with E-state index in [1.54, 1.807) is 0 Å². The van der Waals surface area contributed by atoms with Crippen LogP contribution in [0.4, 0.5) is 0 Å². The average molecular weight is 709 g/mol. The second-order valence-corrected chi connectivity index (χ2v) is 21.2. The van der Waals surface area contributed by atoms with Gasteiger partial charge in [0.2, 0.25) is 0 Å². The number of nitrogens with zero attached hydrogens (tertiary/aromatic N) is 1. The van der Waals surface area contributed by atoms with Gasteiger partial charge in [0.05, 0.1) is 12.8 Å². The third-order valence-electron chi connectivity index (χ3n) is 17.5. The first-order chi connectivity index (χ1) is 23.9. The topological polar surface area (TPSA) is 78.9 Å². The Hall–Kier alpha value is -1.40. The maximum Gasteiger partial charge on any atom is 0.306 e. The van der Waals surface area contributed by atoms with Crippen LogP contribution in [0.3, 0.4) is 0 Å². The third-order valence-corrected chi connectivity index (χ3v) is 17.5. The summed E-state index contributed by atoms with van der Waals surface area (Å²) >= 11 is 0. The van der Waals surface area contributed by atoms with Gasteiger partial charge in [-0.2, -0.15) is 0 Å². The van der Waals surface area contributed by atoms with Crippen molar-refractivity contribution in [1.82, 2.24) is 10.2 Å². The van der Waals surface area contributed by atoms with Crippen LogP contribution in [0.2, 0.25) is 0 Å². The summed E-state index contributed by atoms with van der Waals surface area (Å²) in [5.74, 6) is 2.30. The summed E-state index contributed by atoms with van der Waals surface area (Å²) in [7, 11) is 0. The number of nitrogens with one attached hydrogen (secondary N) is 1. The highest BCUT2D eigenvalue weighted by molar-refractivity contribution is 5.73. The van der Waals surface area contributed by atoms with Gasteiger partial charge in [0.25, 0.3) is 0 Å². The van der Waals surface area contributed by atoms with Gasteiger partial charge >= 0.3 is 11.9 Å². The Morgan fingerprint density at radius 1 is 0.863 bits per heavy atom. The van der Waals surface area contributed by atoms with Crippen LogP contribution in [0.25, 0.3) is 0 Å². The van der Waals surface area contributed by atoms with Gasteiger partial charge in [-0.05, 0) is 186 Å². The number of aliphatic carboxylic acids is 1. The van der Waals surface area contributed by atoms with E-state index in [1.807, 2.05) is 13.8 Å². The van der Waals surface area contributed by atoms with Crippen LogP contribution in [-0.2, 0) is 14.3 Å². The predicted molar refractivity (Wildman–Crippen MR) is 207 cm³/mol. The third kappa shape index (κ3) is 7.02. The predicted octanol–water partition coefficient (Wildman–Crippen LogP) is 9.91. The minimum absolute atomic E-state index is 0.0260. The lowest BCUT2D eigenvalue weighted by molar-refractivity contribution is -0.250. The molecule has 6 aliphatic rings. The molecule has 1 heterocycles. The molecular weight excluding hydrogens is 633 g/mol. The van der Waals surface area contributed by atoms with Crippen molar-refractivity contribution in [3.05, 3.63) is 12.2 Å². The molecule has 1 saturated heterocycles. The number of carbonyl (C=O) groups is 2. The maximum atomic E-state index is 13.2. The Kier molecular flexibility index (Phi) is 11.1. The summed E-state index contributed by atoms with van der Waals surface area (Å²) in [5.41, 5.74) is 2.05. The molecule has 0 unspecified atom stereocenters. The second-order valence-electron chi connectivity index (χ2n) is 21.2. The van der Waals surface area contributed by atoms with Crippen molar-refractivity contribution in [2.24, 2.45) is 62.1 Å². The molecule has 0 bridgehead atoms. The number of fused-ring (bicyclic) bond motifs is 7. The van der Waals surface area contributed by atoms with E-state index >= 15 is 0 Å². The number of carbonyl (C=O) groups excluding carboxylic acids is 1. The van der Waals surface area contributed by atoms with Crippen molar-refractivity contribution in [1.29, 1.82) is 0 Å². The fraction of sp³-hybridized carbons (Fsp3) is 0.911. The van der Waals surface area contributed by atoms with Crippen LogP contribution in [0.1, 0.15) is 158 Å². The van der Waals surface area contributed by atoms with Crippen molar-refractivity contribution < 1.29 is 19.4 Å². The van der Waals surface area contributed by atoms with Crippen LogP contribution in [0.5, 0.6) is 0 Å². The normalized spacial score (nSPS) is 42.0. The lowest BCUT2D eigenvalue weighted by Crippen LogP contribution is -2.66. The molecule has 290 valence electrons. The first kappa shape index (κ1) is 39.3. The number of ether oxygens (including phenoxy) is 1. The van der Waals surface area contributed by atoms with Crippen molar-refractivity contribution in [3.8, 4) is 0 Å². The molecule has 2 N–H and O–H groups in total. The molecule has 6 nitrogen and oxygen atoms in total. The van der Waals surface area contributed by atoms with Crippen molar-refractivity contribution in [3.63, 3.8) is 0 Å². The first-order valence-corrected chi connectivity index (χ1v) is 21.4. The molecule has 6 fully saturated rings. The quantitative estimate of drug-likeness (QED) is 0.113. The van der Waals surface area contributed by atoms with Gasteiger partial charge in [0.1, 0.15) is 6.10 Å². The van der Waals surface area contributed by atoms with Gasteiger partial charge in [0, 0.05) is 5.41 Å². The van der Waals surface area contributed by atoms with Crippen molar-refractivity contribution >= 4 is 11.9 Å². The van der Waals surface area contributed by atoms with Crippen LogP contribution in [0.15, 0.2) is 12.2 Å². The molecule has 5 aliphatic carbocycles. The highest BCUT2D eigenvalue weighted by atomic mass is 16.5. The number of allylic oxidation sites excluding steroid dienone is 1. The molecule has 5 saturated carbocycles. The Morgan fingerprint density at radius 3 is 2.27 bits per heavy atom. The molecule has 51 heavy (non-hydrogen) atoms. The van der Waals surface area contributed by atoms with Gasteiger partial charge in [-0.25, -0.2) is 0 Å². The van der Waals surface area contributed by atoms with Crippen LogP contribution in [0, 0.1) is 62.1 Å². The summed E-state index contributed by atoms with van der Waals surface area (Å²) in [4.78, 5) is 27.3. The van der Waals surface area contributed by atoms with E-state index in [9.17, 15) is 14.7 Å². The number of esters is 1. The van der Waals surface area contributed by atoms with Gasteiger partial charge < -0.3 is 20.1 Å². The van der Waals surface area contributed by atoms with Crippen molar-refractivity contribution in [2.75, 3.05) is 32.7 Å². The Labute approximate surface area is 312 Å². The molecular formula is C45H76N2O4. The van der Waals surface area contributed by atoms with Gasteiger partial charge in [-0.15, -0.1) is 0 Å². The minimum atomic E-state index is -0.863. The Morgan fingerprint density at radius 2 is 1.59 bits per heavy atom. The van der Waals surface area contributed by atoms with E-state index in [-0.39, 0.29) is 35.7 Å². The zero-order chi connectivity index (χ0) is 37.0. The standard InChI is InChI=1S/C45H76N2O4/c1-31(2)32-15-20-45(23-25-46-24-12-28-47-26-10-11-27-47)22-21-43(8)33(39(32)45)13-14-35-42(7)18-17-36(41(5,6)34(42)16-19-44(35,43)9)51-38(50)30-40(3,4)29-37(48)49/h32-36,39,46H,1,10-30H2,2-9H3,(H,48,49)/t32-,33+,34-,35+,36-,39+,42-,43+,44+,45+/m0/s1. The van der Waals surface area contributed by atoms with E-state index in [2.05, 4.69) is 58.3 Å². The highest BCUT2D eigenvalue weighted by Gasteiger charge is 2.71. The van der Waals surface area contributed by atoms with E-state index in [4.69, 9.17) is 4.74 Å². The average Bonchev–Trinajstić information content (AvgIpc) is 3.68. The number of likely N-dealkylation sites (tertiary alicyclic amines) is 1. The second kappa shape index (κ2) is 14.3. The number of hydrogen-bond acceptors (Lipinski definition) is 5. The van der Waals surface area contributed by atoms with E-state index in [0.717, 1.165) is 31.2 Å². The summed E-state index contributed by atoms with van der Waals surface area (Å²) < 4.78 is 6.31. The van der Waals surface area contributed by atoms with Crippen LogP contribution >= 0.6 is 0 Å². The number of rotatable bonds is 13. The Bertz CT molecular complexity index is 1300. The summed E-state index contributed by atoms with van der Waals surface area (Å²) in [6.45, 7) is 29.7. The molecule has 1 aliphatic heterocycles. The van der Waals surface area contributed by atoms with Crippen LogP contribution in [-0.4, -0.2) is 60.8 Å². The highest BCUT2D eigenvalue weighted by Crippen LogP contribution is 2.78. The largest absolute Gasteiger partial charge is 0.481 e. The lowest BCUT2D eigenvalue weighted by atomic mass is 9.32. The smallest absolute Gasteiger partial charge is 0.306 e. The molecule has 0 aromatic heterocycles. The lowest BCUT2D eigenvalue weighted by Gasteiger charge is -2.73. The van der Waals surface area contributed by atoms with E-state index in [1.165, 1.54) is 109 Å². The van der Waals surface area contributed by atoms with E-state index in [0.29, 0.717) is 34.0 Å². The number of hydrogen-bond donors (Lipinski definition) is 2. The maximum absolute atomic E-state index is 13.2. The molecule has 10 atom stereocenters. The Balaban J connectivity index is 1.15. The van der Waals surface area contributed by atoms with E-state index < -0.39 is 11.4 Å². The monoisotopic (exact) mass is 709 g/mol. The summed E-state index contributed by atoms with van der Waals surface area (Å²) in [6.07, 6.45) is 18.1.